The van der Waals surface area contributed by atoms with E-state index in [2.05, 4.69) is 5.32 Å². The lowest BCUT2D eigenvalue weighted by Crippen LogP contribution is -2.22. The van der Waals surface area contributed by atoms with Gasteiger partial charge in [-0.3, -0.25) is 4.79 Å². The minimum absolute atomic E-state index is 0.0556. The first-order chi connectivity index (χ1) is 5.90. The number of para-hydroxylation sites is 1. The number of hydrogen-bond acceptors (Lipinski definition) is 3. The minimum atomic E-state index is -0.0556. The van der Waals surface area contributed by atoms with Crippen LogP contribution in [0.2, 0.25) is 0 Å². The summed E-state index contributed by atoms with van der Waals surface area (Å²) in [5, 5.41) is 3.12. The van der Waals surface area contributed by atoms with E-state index in [4.69, 9.17) is 0 Å². The fourth-order valence-corrected chi connectivity index (χ4v) is 2.12. The molecular formula is C9H8NOS. The molecule has 0 aliphatic carbocycles. The van der Waals surface area contributed by atoms with Crippen molar-refractivity contribution in [1.29, 1.82) is 0 Å². The van der Waals surface area contributed by atoms with Crippen LogP contribution in [0.5, 0.6) is 0 Å². The van der Waals surface area contributed by atoms with Gasteiger partial charge in [0.15, 0.2) is 0 Å². The summed E-state index contributed by atoms with van der Waals surface area (Å²) in [5.41, 5.74) is 1.12. The largest absolute Gasteiger partial charge is 0.383 e. The maximum absolute atomic E-state index is 10.4. The van der Waals surface area contributed by atoms with Gasteiger partial charge in [-0.2, -0.15) is 0 Å². The molecule has 1 aromatic rings. The molecule has 2 rings (SSSR count). The lowest BCUT2D eigenvalue weighted by molar-refractivity contribution is 0.553. The first kappa shape index (κ1) is 7.68. The van der Waals surface area contributed by atoms with Crippen molar-refractivity contribution < 1.29 is 4.79 Å². The maximum atomic E-state index is 10.4. The Balaban J connectivity index is 2.28. The van der Waals surface area contributed by atoms with Gasteiger partial charge in [-0.05, 0) is 12.1 Å². The van der Waals surface area contributed by atoms with E-state index in [9.17, 15) is 4.79 Å². The zero-order valence-corrected chi connectivity index (χ0v) is 7.23. The highest BCUT2D eigenvalue weighted by Crippen LogP contribution is 2.33. The average Bonchev–Trinajstić information content (AvgIpc) is 2.17. The van der Waals surface area contributed by atoms with Crippen molar-refractivity contribution in [3.05, 3.63) is 24.3 Å². The Kier molecular flexibility index (Phi) is 2.04. The van der Waals surface area contributed by atoms with E-state index >= 15 is 0 Å². The van der Waals surface area contributed by atoms with E-state index in [1.165, 1.54) is 0 Å². The molecule has 0 spiro atoms. The second-order valence-corrected chi connectivity index (χ2v) is 3.85. The molecule has 0 fully saturated rings. The van der Waals surface area contributed by atoms with Crippen molar-refractivity contribution in [2.75, 3.05) is 11.9 Å². The fraction of sp³-hybridized carbons (Fsp3) is 0.222. The molecule has 61 valence electrons. The molecule has 0 saturated carbocycles. The first-order valence-corrected chi connectivity index (χ1v) is 4.65. The van der Waals surface area contributed by atoms with Crippen LogP contribution >= 0.6 is 11.8 Å². The van der Waals surface area contributed by atoms with E-state index in [0.29, 0.717) is 6.54 Å². The highest BCUT2D eigenvalue weighted by molar-refractivity contribution is 8.00. The fourth-order valence-electron chi connectivity index (χ4n) is 1.18. The molecule has 1 aromatic carbocycles. The van der Waals surface area contributed by atoms with Crippen molar-refractivity contribution in [2.24, 2.45) is 0 Å². The van der Waals surface area contributed by atoms with Crippen LogP contribution in [-0.4, -0.2) is 18.1 Å². The Bertz CT molecular complexity index is 300. The Morgan fingerprint density at radius 3 is 3.17 bits per heavy atom. The number of benzene rings is 1. The highest BCUT2D eigenvalue weighted by atomic mass is 32.2. The molecule has 3 heteroatoms. The van der Waals surface area contributed by atoms with Crippen LogP contribution in [0.15, 0.2) is 29.2 Å². The molecule has 1 unspecified atom stereocenters. The minimum Gasteiger partial charge on any atom is -0.383 e. The SMILES string of the molecule is O=[C]C1CNc2ccccc2S1. The van der Waals surface area contributed by atoms with Crippen LogP contribution < -0.4 is 5.32 Å². The van der Waals surface area contributed by atoms with Crippen LogP contribution in [0, 0.1) is 0 Å². The topological polar surface area (TPSA) is 29.1 Å². The first-order valence-electron chi connectivity index (χ1n) is 3.77. The van der Waals surface area contributed by atoms with E-state index in [1.807, 2.05) is 30.6 Å². The van der Waals surface area contributed by atoms with Crippen molar-refractivity contribution >= 4 is 23.7 Å². The van der Waals surface area contributed by atoms with Crippen LogP contribution in [-0.2, 0) is 4.79 Å². The zero-order valence-electron chi connectivity index (χ0n) is 6.41. The predicted molar refractivity (Wildman–Crippen MR) is 50.3 cm³/mol. The zero-order chi connectivity index (χ0) is 8.39. The number of anilines is 1. The smallest absolute Gasteiger partial charge is 0.214 e. The number of fused-ring (bicyclic) bond motifs is 1. The quantitative estimate of drug-likeness (QED) is 0.709. The van der Waals surface area contributed by atoms with Gasteiger partial charge in [0.1, 0.15) is 0 Å². The molecule has 0 saturated heterocycles. The Morgan fingerprint density at radius 1 is 1.50 bits per heavy atom. The molecule has 1 radical (unpaired) electrons. The third-order valence-electron chi connectivity index (χ3n) is 1.77. The number of nitrogens with one attached hydrogen (secondary N) is 1. The number of thioether (sulfide) groups is 1. The van der Waals surface area contributed by atoms with Gasteiger partial charge >= 0.3 is 0 Å². The second-order valence-electron chi connectivity index (χ2n) is 2.60. The maximum Gasteiger partial charge on any atom is 0.214 e. The summed E-state index contributed by atoms with van der Waals surface area (Å²) >= 11 is 1.57. The summed E-state index contributed by atoms with van der Waals surface area (Å²) < 4.78 is 0. The van der Waals surface area contributed by atoms with Gasteiger partial charge < -0.3 is 5.32 Å². The Labute approximate surface area is 75.4 Å². The predicted octanol–water partition coefficient (Wildman–Crippen LogP) is 1.68. The van der Waals surface area contributed by atoms with Gasteiger partial charge in [0.2, 0.25) is 6.29 Å². The van der Waals surface area contributed by atoms with Crippen molar-refractivity contribution in [2.45, 2.75) is 10.1 Å². The van der Waals surface area contributed by atoms with Gasteiger partial charge in [0, 0.05) is 17.1 Å². The molecule has 2 nitrogen and oxygen atoms in total. The molecule has 1 aliphatic heterocycles. The van der Waals surface area contributed by atoms with E-state index in [-0.39, 0.29) is 5.25 Å². The molecule has 1 aliphatic rings. The Hall–Kier alpha value is -0.960. The highest BCUT2D eigenvalue weighted by Gasteiger charge is 2.17. The van der Waals surface area contributed by atoms with Gasteiger partial charge in [-0.15, -0.1) is 11.8 Å². The standard InChI is InChI=1S/C9H8NOS/c11-6-7-5-10-8-3-1-2-4-9(8)12-7/h1-4,7,10H,5H2. The lowest BCUT2D eigenvalue weighted by Gasteiger charge is -2.20. The summed E-state index contributed by atoms with van der Waals surface area (Å²) in [6, 6.07) is 7.98. The summed E-state index contributed by atoms with van der Waals surface area (Å²) in [6.07, 6.45) is 2.00. The summed E-state index contributed by atoms with van der Waals surface area (Å²) in [7, 11) is 0. The Morgan fingerprint density at radius 2 is 2.33 bits per heavy atom. The summed E-state index contributed by atoms with van der Waals surface area (Å²) in [5.74, 6) is 0. The molecule has 0 amide bonds. The van der Waals surface area contributed by atoms with Crippen LogP contribution in [0.25, 0.3) is 0 Å². The van der Waals surface area contributed by atoms with Crippen LogP contribution in [0.1, 0.15) is 0 Å². The van der Waals surface area contributed by atoms with E-state index in [1.54, 1.807) is 11.8 Å². The number of rotatable bonds is 1. The van der Waals surface area contributed by atoms with Gasteiger partial charge in [-0.1, -0.05) is 12.1 Å². The molecule has 0 aromatic heterocycles. The average molecular weight is 178 g/mol. The van der Waals surface area contributed by atoms with Crippen LogP contribution in [0.4, 0.5) is 5.69 Å². The van der Waals surface area contributed by atoms with Gasteiger partial charge in [0.05, 0.1) is 5.25 Å². The summed E-state index contributed by atoms with van der Waals surface area (Å²) in [4.78, 5) is 11.5. The molecule has 12 heavy (non-hydrogen) atoms. The van der Waals surface area contributed by atoms with Crippen molar-refractivity contribution in [3.63, 3.8) is 0 Å². The van der Waals surface area contributed by atoms with Crippen LogP contribution in [0.3, 0.4) is 0 Å². The van der Waals surface area contributed by atoms with E-state index in [0.717, 1.165) is 10.6 Å². The molecule has 1 heterocycles. The molecule has 1 atom stereocenters. The van der Waals surface area contributed by atoms with Gasteiger partial charge in [0.25, 0.3) is 0 Å². The van der Waals surface area contributed by atoms with E-state index < -0.39 is 0 Å². The molecule has 1 N–H and O–H groups in total. The van der Waals surface area contributed by atoms with Crippen molar-refractivity contribution in [3.8, 4) is 0 Å². The normalized spacial score (nSPS) is 20.8. The lowest BCUT2D eigenvalue weighted by atomic mass is 10.3. The third-order valence-corrected chi connectivity index (χ3v) is 2.92. The third kappa shape index (κ3) is 1.32. The molecule has 0 bridgehead atoms. The second kappa shape index (κ2) is 3.19. The molecular weight excluding hydrogens is 170 g/mol. The monoisotopic (exact) mass is 178 g/mol. The van der Waals surface area contributed by atoms with Gasteiger partial charge in [-0.25, -0.2) is 0 Å². The number of hydrogen-bond donors (Lipinski definition) is 1. The van der Waals surface area contributed by atoms with Crippen molar-refractivity contribution in [1.82, 2.24) is 0 Å². The number of carbonyl (C=O) groups excluding carboxylic acids is 1. The summed E-state index contributed by atoms with van der Waals surface area (Å²) in [6.45, 7) is 0.686.